The molecule has 0 aromatic heterocycles. The highest BCUT2D eigenvalue weighted by Gasteiger charge is 2.68. The van der Waals surface area contributed by atoms with Crippen LogP contribution >= 0.6 is 0 Å². The maximum absolute atomic E-state index is 13.2. The number of allylic oxidation sites excluding steroid dienone is 1. The quantitative estimate of drug-likeness (QED) is 0.739. The van der Waals surface area contributed by atoms with Crippen LogP contribution in [0.25, 0.3) is 0 Å². The molecule has 2 unspecified atom stereocenters. The van der Waals surface area contributed by atoms with Crippen LogP contribution in [-0.4, -0.2) is 22.3 Å². The van der Waals surface area contributed by atoms with Gasteiger partial charge in [-0.1, -0.05) is 40.7 Å². The van der Waals surface area contributed by atoms with Gasteiger partial charge in [0, 0.05) is 5.92 Å². The Kier molecular flexibility index (Phi) is 3.63. The number of likely N-dealkylation sites (tertiary alicyclic amines) is 1. The van der Waals surface area contributed by atoms with E-state index in [1.807, 2.05) is 20.8 Å². The molecule has 3 atom stereocenters. The van der Waals surface area contributed by atoms with E-state index >= 15 is 0 Å². The summed E-state index contributed by atoms with van der Waals surface area (Å²) in [6.07, 6.45) is 4.23. The molecule has 0 aromatic carbocycles. The normalized spacial score (nSPS) is 33.4. The molecule has 3 heteroatoms. The first-order valence-corrected chi connectivity index (χ1v) is 8.03. The van der Waals surface area contributed by atoms with Crippen LogP contribution in [-0.2, 0) is 9.59 Å². The van der Waals surface area contributed by atoms with Gasteiger partial charge in [-0.05, 0) is 37.5 Å². The molecule has 2 bridgehead atoms. The van der Waals surface area contributed by atoms with Crippen LogP contribution in [0.2, 0.25) is 0 Å². The van der Waals surface area contributed by atoms with E-state index in [0.29, 0.717) is 6.42 Å². The molecule has 0 N–H and O–H groups in total. The average molecular weight is 291 g/mol. The zero-order valence-corrected chi connectivity index (χ0v) is 14.3. The highest BCUT2D eigenvalue weighted by molar-refractivity contribution is 6.03. The number of amides is 2. The predicted molar refractivity (Wildman–Crippen MR) is 84.5 cm³/mol. The van der Waals surface area contributed by atoms with Gasteiger partial charge in [-0.3, -0.25) is 14.5 Å². The number of imide groups is 1. The molecule has 1 saturated heterocycles. The fourth-order valence-electron chi connectivity index (χ4n) is 4.16. The monoisotopic (exact) mass is 291 g/mol. The van der Waals surface area contributed by atoms with E-state index in [1.165, 1.54) is 0 Å². The maximum Gasteiger partial charge on any atom is 0.236 e. The minimum Gasteiger partial charge on any atom is -0.275 e. The van der Waals surface area contributed by atoms with Crippen LogP contribution in [0.1, 0.15) is 60.8 Å². The van der Waals surface area contributed by atoms with Crippen molar-refractivity contribution >= 4 is 11.8 Å². The van der Waals surface area contributed by atoms with Crippen LogP contribution in [0.3, 0.4) is 0 Å². The minimum atomic E-state index is -0.555. The van der Waals surface area contributed by atoms with Crippen molar-refractivity contribution in [2.24, 2.45) is 22.7 Å². The second-order valence-electron chi connectivity index (χ2n) is 8.13. The minimum absolute atomic E-state index is 0.00778. The Morgan fingerprint density at radius 1 is 1.48 bits per heavy atom. The van der Waals surface area contributed by atoms with Crippen molar-refractivity contribution in [2.75, 3.05) is 0 Å². The van der Waals surface area contributed by atoms with Crippen LogP contribution in [0.5, 0.6) is 0 Å². The molecule has 2 fully saturated rings. The molecule has 118 valence electrons. The molecule has 1 heterocycles. The number of rotatable bonds is 4. The summed E-state index contributed by atoms with van der Waals surface area (Å²) in [7, 11) is 0. The van der Waals surface area contributed by atoms with Crippen LogP contribution in [0.4, 0.5) is 0 Å². The van der Waals surface area contributed by atoms with Crippen molar-refractivity contribution in [1.29, 1.82) is 0 Å². The van der Waals surface area contributed by atoms with Crippen LogP contribution < -0.4 is 0 Å². The van der Waals surface area contributed by atoms with Crippen molar-refractivity contribution in [2.45, 2.75) is 66.3 Å². The van der Waals surface area contributed by atoms with E-state index in [0.717, 1.165) is 12.8 Å². The number of hydrogen-bond acceptors (Lipinski definition) is 2. The average Bonchev–Trinajstić information content (AvgIpc) is 2.68. The lowest BCUT2D eigenvalue weighted by Crippen LogP contribution is -2.57. The Hall–Kier alpha value is -1.12. The lowest BCUT2D eigenvalue weighted by Gasteiger charge is -2.44. The van der Waals surface area contributed by atoms with Gasteiger partial charge in [-0.2, -0.15) is 0 Å². The van der Waals surface area contributed by atoms with Gasteiger partial charge in [-0.15, -0.1) is 6.58 Å². The fourth-order valence-corrected chi connectivity index (χ4v) is 4.16. The van der Waals surface area contributed by atoms with E-state index in [4.69, 9.17) is 0 Å². The second-order valence-corrected chi connectivity index (χ2v) is 8.13. The number of carbonyl (C=O) groups is 2. The van der Waals surface area contributed by atoms with E-state index in [9.17, 15) is 9.59 Å². The fraction of sp³-hybridized carbons (Fsp3) is 0.778. The summed E-state index contributed by atoms with van der Waals surface area (Å²) in [5.41, 5.74) is -1.03. The number of nitrogens with zero attached hydrogens (tertiary/aromatic N) is 1. The van der Waals surface area contributed by atoms with Crippen molar-refractivity contribution in [3.63, 3.8) is 0 Å². The Bertz CT molecular complexity index is 493. The molecular weight excluding hydrogens is 262 g/mol. The van der Waals surface area contributed by atoms with Crippen molar-refractivity contribution < 1.29 is 9.59 Å². The summed E-state index contributed by atoms with van der Waals surface area (Å²) in [5, 5.41) is 0. The SMILES string of the molecule is C=CC[C@@](C)(C(=O)N1C(=O)C2CCC1(C)C2(C)C)C(C)C. The second kappa shape index (κ2) is 4.69. The predicted octanol–water partition coefficient (Wildman–Crippen LogP) is 3.79. The zero-order chi connectivity index (χ0) is 16.2. The first-order valence-electron chi connectivity index (χ1n) is 8.03. The van der Waals surface area contributed by atoms with E-state index in [-0.39, 0.29) is 34.6 Å². The Morgan fingerprint density at radius 3 is 2.43 bits per heavy atom. The zero-order valence-electron chi connectivity index (χ0n) is 14.3. The highest BCUT2D eigenvalue weighted by Crippen LogP contribution is 2.60. The molecule has 2 amide bonds. The molecule has 2 aliphatic rings. The van der Waals surface area contributed by atoms with Gasteiger partial charge in [0.15, 0.2) is 0 Å². The van der Waals surface area contributed by atoms with Crippen LogP contribution in [0, 0.1) is 22.7 Å². The molecule has 1 saturated carbocycles. The van der Waals surface area contributed by atoms with Gasteiger partial charge in [-0.25, -0.2) is 0 Å². The summed E-state index contributed by atoms with van der Waals surface area (Å²) in [6.45, 7) is 16.2. The molecule has 0 radical (unpaired) electrons. The lowest BCUT2D eigenvalue weighted by molar-refractivity contribution is -0.159. The number of hydrogen-bond donors (Lipinski definition) is 0. The Labute approximate surface area is 128 Å². The smallest absolute Gasteiger partial charge is 0.236 e. The standard InChI is InChI=1S/C18H29NO2/c1-8-10-17(6,12(2)3)15(21)19-14(20)13-9-11-18(19,7)16(13,4)5/h8,12-13H,1,9-11H2,2-7H3/t13?,17-,18?/m1/s1. The molecule has 1 aliphatic carbocycles. The molecular formula is C18H29NO2. The largest absolute Gasteiger partial charge is 0.275 e. The van der Waals surface area contributed by atoms with Crippen molar-refractivity contribution in [3.8, 4) is 0 Å². The summed E-state index contributed by atoms with van der Waals surface area (Å²) in [6, 6.07) is 0. The Balaban J connectivity index is 2.45. The molecule has 1 aliphatic heterocycles. The van der Waals surface area contributed by atoms with Gasteiger partial charge < -0.3 is 0 Å². The maximum atomic E-state index is 13.2. The highest BCUT2D eigenvalue weighted by atomic mass is 16.2. The Morgan fingerprint density at radius 2 is 2.05 bits per heavy atom. The van der Waals surface area contributed by atoms with E-state index in [1.54, 1.807) is 11.0 Å². The van der Waals surface area contributed by atoms with Gasteiger partial charge in [0.1, 0.15) is 0 Å². The summed E-state index contributed by atoms with van der Waals surface area (Å²) in [4.78, 5) is 27.6. The molecule has 0 aromatic rings. The molecule has 0 spiro atoms. The van der Waals surface area contributed by atoms with Crippen molar-refractivity contribution in [1.82, 2.24) is 4.90 Å². The third kappa shape index (κ3) is 1.85. The lowest BCUT2D eigenvalue weighted by atomic mass is 9.72. The van der Waals surface area contributed by atoms with Crippen LogP contribution in [0.15, 0.2) is 12.7 Å². The topological polar surface area (TPSA) is 37.4 Å². The van der Waals surface area contributed by atoms with Gasteiger partial charge in [0.25, 0.3) is 0 Å². The number of carbonyl (C=O) groups excluding carboxylic acids is 2. The van der Waals surface area contributed by atoms with Gasteiger partial charge in [0.2, 0.25) is 11.8 Å². The third-order valence-corrected chi connectivity index (χ3v) is 6.73. The molecule has 2 rings (SSSR count). The summed E-state index contributed by atoms with van der Waals surface area (Å²) in [5.74, 6) is 0.183. The van der Waals surface area contributed by atoms with Gasteiger partial charge >= 0.3 is 0 Å². The number of piperidine rings is 1. The number of fused-ring (bicyclic) bond motifs is 2. The molecule has 21 heavy (non-hydrogen) atoms. The first kappa shape index (κ1) is 16.3. The van der Waals surface area contributed by atoms with E-state index < -0.39 is 5.41 Å². The summed E-state index contributed by atoms with van der Waals surface area (Å²) < 4.78 is 0. The van der Waals surface area contributed by atoms with Gasteiger partial charge in [0.05, 0.1) is 11.0 Å². The third-order valence-electron chi connectivity index (χ3n) is 6.73. The molecule has 3 nitrogen and oxygen atoms in total. The van der Waals surface area contributed by atoms with Crippen molar-refractivity contribution in [3.05, 3.63) is 12.7 Å². The first-order chi connectivity index (χ1) is 9.54. The van der Waals surface area contributed by atoms with E-state index in [2.05, 4.69) is 27.4 Å². The summed E-state index contributed by atoms with van der Waals surface area (Å²) >= 11 is 0.